The first kappa shape index (κ1) is 19.1. The Morgan fingerprint density at radius 3 is 2.79 bits per heavy atom. The highest BCUT2D eigenvalue weighted by Gasteiger charge is 2.26. The minimum atomic E-state index is -1.17. The number of thiophene rings is 1. The SMILES string of the molecule is CCCn1c(=O)n(C)c(=O)c2c(C(=O)O)c(Cc3c(C)[nH]c4ncccc34)sc21. The summed E-state index contributed by atoms with van der Waals surface area (Å²) in [7, 11) is 1.38. The normalized spacial score (nSPS) is 11.6. The lowest BCUT2D eigenvalue weighted by Crippen LogP contribution is -2.38. The number of H-pyrrole nitrogens is 1. The predicted molar refractivity (Wildman–Crippen MR) is 112 cm³/mol. The summed E-state index contributed by atoms with van der Waals surface area (Å²) in [5.74, 6) is -1.17. The molecule has 0 aromatic carbocycles. The Balaban J connectivity index is 2.03. The first-order valence-electron chi connectivity index (χ1n) is 9.25. The molecule has 0 aliphatic carbocycles. The van der Waals surface area contributed by atoms with Crippen molar-refractivity contribution in [2.45, 2.75) is 33.2 Å². The van der Waals surface area contributed by atoms with E-state index in [2.05, 4.69) is 9.97 Å². The molecule has 4 rings (SSSR count). The van der Waals surface area contributed by atoms with Crippen molar-refractivity contribution in [3.63, 3.8) is 0 Å². The lowest BCUT2D eigenvalue weighted by molar-refractivity contribution is 0.0698. The van der Waals surface area contributed by atoms with Gasteiger partial charge in [0.2, 0.25) is 0 Å². The van der Waals surface area contributed by atoms with E-state index in [0.717, 1.165) is 26.9 Å². The maximum absolute atomic E-state index is 12.8. The van der Waals surface area contributed by atoms with Gasteiger partial charge in [0, 0.05) is 42.2 Å². The minimum Gasteiger partial charge on any atom is -0.478 e. The van der Waals surface area contributed by atoms with Crippen molar-refractivity contribution < 1.29 is 9.90 Å². The van der Waals surface area contributed by atoms with Crippen LogP contribution in [-0.2, 0) is 20.0 Å². The van der Waals surface area contributed by atoms with Gasteiger partial charge in [0.05, 0.1) is 10.9 Å². The molecule has 4 heterocycles. The molecule has 0 saturated carbocycles. The number of nitrogens with zero attached hydrogens (tertiary/aromatic N) is 3. The van der Waals surface area contributed by atoms with Gasteiger partial charge >= 0.3 is 11.7 Å². The number of carboxylic acids is 1. The van der Waals surface area contributed by atoms with Crippen LogP contribution >= 0.6 is 11.3 Å². The number of carboxylic acid groups (broad SMARTS) is 1. The molecule has 0 saturated heterocycles. The second-order valence-corrected chi connectivity index (χ2v) is 8.07. The third-order valence-electron chi connectivity index (χ3n) is 5.13. The summed E-state index contributed by atoms with van der Waals surface area (Å²) in [4.78, 5) is 46.0. The van der Waals surface area contributed by atoms with E-state index in [4.69, 9.17) is 0 Å². The molecule has 0 radical (unpaired) electrons. The van der Waals surface area contributed by atoms with E-state index in [1.54, 1.807) is 6.20 Å². The molecule has 4 aromatic rings. The molecular formula is C20H20N4O4S. The monoisotopic (exact) mass is 412 g/mol. The van der Waals surface area contributed by atoms with Crippen LogP contribution in [0.1, 0.15) is 39.8 Å². The van der Waals surface area contributed by atoms with Crippen LogP contribution < -0.4 is 11.2 Å². The molecule has 9 heteroatoms. The van der Waals surface area contributed by atoms with Gasteiger partial charge in [-0.15, -0.1) is 11.3 Å². The van der Waals surface area contributed by atoms with E-state index < -0.39 is 17.2 Å². The molecule has 0 amide bonds. The third-order valence-corrected chi connectivity index (χ3v) is 6.35. The molecule has 0 aliphatic heterocycles. The van der Waals surface area contributed by atoms with Gasteiger partial charge in [-0.2, -0.15) is 0 Å². The highest BCUT2D eigenvalue weighted by Crippen LogP contribution is 2.33. The highest BCUT2D eigenvalue weighted by atomic mass is 32.1. The zero-order valence-corrected chi connectivity index (χ0v) is 17.1. The van der Waals surface area contributed by atoms with Crippen molar-refractivity contribution in [1.82, 2.24) is 19.1 Å². The molecule has 0 aliphatic rings. The summed E-state index contributed by atoms with van der Waals surface area (Å²) >= 11 is 1.21. The second-order valence-electron chi connectivity index (χ2n) is 6.99. The maximum atomic E-state index is 12.8. The van der Waals surface area contributed by atoms with Crippen molar-refractivity contribution in [3.8, 4) is 0 Å². The maximum Gasteiger partial charge on any atom is 0.337 e. The number of rotatable bonds is 5. The van der Waals surface area contributed by atoms with E-state index in [-0.39, 0.29) is 10.9 Å². The fourth-order valence-corrected chi connectivity index (χ4v) is 5.05. The molecular weight excluding hydrogens is 392 g/mol. The number of hydrogen-bond donors (Lipinski definition) is 2. The molecule has 0 atom stereocenters. The number of fused-ring (bicyclic) bond motifs is 2. The Kier molecular flexibility index (Phi) is 4.62. The molecule has 0 unspecified atom stereocenters. The van der Waals surface area contributed by atoms with Crippen LogP contribution in [-0.4, -0.2) is 30.2 Å². The van der Waals surface area contributed by atoms with Gasteiger partial charge in [0.25, 0.3) is 5.56 Å². The fraction of sp³-hybridized carbons (Fsp3) is 0.300. The quantitative estimate of drug-likeness (QED) is 0.524. The molecule has 0 fully saturated rings. The van der Waals surface area contributed by atoms with Crippen LogP contribution in [0.25, 0.3) is 21.3 Å². The number of aryl methyl sites for hydroxylation is 2. The molecule has 8 nitrogen and oxygen atoms in total. The fourth-order valence-electron chi connectivity index (χ4n) is 3.74. The number of aromatic amines is 1. The zero-order chi connectivity index (χ0) is 20.9. The van der Waals surface area contributed by atoms with E-state index in [9.17, 15) is 19.5 Å². The molecule has 29 heavy (non-hydrogen) atoms. The van der Waals surface area contributed by atoms with Crippen molar-refractivity contribution in [2.24, 2.45) is 7.05 Å². The lowest BCUT2D eigenvalue weighted by Gasteiger charge is -2.07. The van der Waals surface area contributed by atoms with Crippen molar-refractivity contribution in [2.75, 3.05) is 0 Å². The van der Waals surface area contributed by atoms with Gasteiger partial charge < -0.3 is 10.1 Å². The van der Waals surface area contributed by atoms with Crippen molar-refractivity contribution >= 4 is 38.6 Å². The van der Waals surface area contributed by atoms with E-state index >= 15 is 0 Å². The first-order valence-corrected chi connectivity index (χ1v) is 10.1. The number of hydrogen-bond acceptors (Lipinski definition) is 5. The number of aromatic nitrogens is 4. The largest absolute Gasteiger partial charge is 0.478 e. The minimum absolute atomic E-state index is 0.0203. The van der Waals surface area contributed by atoms with Crippen LogP contribution in [0.2, 0.25) is 0 Å². The Hall–Kier alpha value is -3.20. The summed E-state index contributed by atoms with van der Waals surface area (Å²) < 4.78 is 2.49. The van der Waals surface area contributed by atoms with Gasteiger partial charge in [0.1, 0.15) is 10.5 Å². The average Bonchev–Trinajstić information content (AvgIpc) is 3.22. The van der Waals surface area contributed by atoms with Crippen LogP contribution in [0.3, 0.4) is 0 Å². The van der Waals surface area contributed by atoms with E-state index in [1.165, 1.54) is 23.0 Å². The molecule has 2 N–H and O–H groups in total. The van der Waals surface area contributed by atoms with Crippen LogP contribution in [0, 0.1) is 6.92 Å². The van der Waals surface area contributed by atoms with Gasteiger partial charge in [-0.3, -0.25) is 13.9 Å². The van der Waals surface area contributed by atoms with Crippen LogP contribution in [0.4, 0.5) is 0 Å². The van der Waals surface area contributed by atoms with Crippen molar-refractivity contribution in [3.05, 3.63) is 60.9 Å². The zero-order valence-electron chi connectivity index (χ0n) is 16.3. The number of aromatic carboxylic acids is 1. The topological polar surface area (TPSA) is 110 Å². The standard InChI is InChI=1S/C20H20N4O4S/c1-4-8-24-18-15(17(25)23(3)20(24)28)14(19(26)27)13(29-18)9-12-10(2)22-16-11(12)6-5-7-21-16/h5-7H,4,8-9H2,1-3H3,(H,21,22)(H,26,27). The highest BCUT2D eigenvalue weighted by molar-refractivity contribution is 7.19. The number of pyridine rings is 1. The second kappa shape index (κ2) is 7.00. The van der Waals surface area contributed by atoms with Gasteiger partial charge in [0.15, 0.2) is 0 Å². The number of nitrogens with one attached hydrogen (secondary N) is 1. The first-order chi connectivity index (χ1) is 13.8. The van der Waals surface area contributed by atoms with Crippen LogP contribution in [0.15, 0.2) is 27.9 Å². The summed E-state index contributed by atoms with van der Waals surface area (Å²) in [6.45, 7) is 4.26. The Morgan fingerprint density at radius 1 is 1.34 bits per heavy atom. The summed E-state index contributed by atoms with van der Waals surface area (Å²) in [6.07, 6.45) is 2.72. The van der Waals surface area contributed by atoms with Gasteiger partial charge in [-0.05, 0) is 31.0 Å². The van der Waals surface area contributed by atoms with E-state index in [0.29, 0.717) is 29.1 Å². The van der Waals surface area contributed by atoms with Crippen LogP contribution in [0.5, 0.6) is 0 Å². The molecule has 4 aromatic heterocycles. The smallest absolute Gasteiger partial charge is 0.337 e. The third kappa shape index (κ3) is 2.89. The molecule has 150 valence electrons. The summed E-state index contributed by atoms with van der Waals surface area (Å²) in [5.41, 5.74) is 1.54. The van der Waals surface area contributed by atoms with Gasteiger partial charge in [-0.25, -0.2) is 14.6 Å². The van der Waals surface area contributed by atoms with E-state index in [1.807, 2.05) is 26.0 Å². The Bertz CT molecular complexity index is 1390. The van der Waals surface area contributed by atoms with Crippen molar-refractivity contribution in [1.29, 1.82) is 0 Å². The van der Waals surface area contributed by atoms with Gasteiger partial charge in [-0.1, -0.05) is 6.92 Å². The molecule has 0 bridgehead atoms. The Labute approximate surface area is 169 Å². The lowest BCUT2D eigenvalue weighted by atomic mass is 10.0. The average molecular weight is 412 g/mol. The summed E-state index contributed by atoms with van der Waals surface area (Å²) in [6, 6.07) is 3.76. The molecule has 0 spiro atoms. The Morgan fingerprint density at radius 2 is 2.10 bits per heavy atom. The predicted octanol–water partition coefficient (Wildman–Crippen LogP) is 2.65. The summed E-state index contributed by atoms with van der Waals surface area (Å²) in [5, 5.41) is 10.9. The number of carbonyl (C=O) groups is 1.